The zero-order valence-corrected chi connectivity index (χ0v) is 14.2. The van der Waals surface area contributed by atoms with E-state index in [1.165, 1.54) is 12.0 Å². The zero-order chi connectivity index (χ0) is 19.1. The van der Waals surface area contributed by atoms with Gasteiger partial charge in [-0.25, -0.2) is 13.2 Å². The van der Waals surface area contributed by atoms with Gasteiger partial charge in [0.05, 0.1) is 0 Å². The number of carboxylic acids is 1. The Labute approximate surface area is 148 Å². The molecule has 0 aliphatic carbocycles. The van der Waals surface area contributed by atoms with Gasteiger partial charge in [0.1, 0.15) is 12.0 Å². The second-order valence-corrected chi connectivity index (χ2v) is 6.91. The lowest BCUT2D eigenvalue weighted by atomic mass is 9.81. The Balaban J connectivity index is 1.74. The number of benzene rings is 1. The second kappa shape index (κ2) is 6.88. The lowest BCUT2D eigenvalue weighted by molar-refractivity contribution is -0.149. The number of fused-ring (bicyclic) bond motifs is 1. The molecule has 0 radical (unpaired) electrons. The van der Waals surface area contributed by atoms with E-state index in [9.17, 15) is 27.9 Å². The van der Waals surface area contributed by atoms with Crippen LogP contribution in [0.15, 0.2) is 12.1 Å². The van der Waals surface area contributed by atoms with Crippen LogP contribution in [0.2, 0.25) is 0 Å². The molecule has 2 saturated heterocycles. The summed E-state index contributed by atoms with van der Waals surface area (Å²) in [6, 6.07) is 1.82. The van der Waals surface area contributed by atoms with Crippen LogP contribution in [0, 0.1) is 28.8 Å². The maximum Gasteiger partial charge on any atom is 0.313 e. The van der Waals surface area contributed by atoms with Crippen LogP contribution in [0.4, 0.5) is 13.2 Å². The number of nitrogens with zero attached hydrogens (tertiary/aromatic N) is 2. The molecule has 9 heteroatoms. The van der Waals surface area contributed by atoms with E-state index in [0.717, 1.165) is 12.1 Å². The third-order valence-electron chi connectivity index (χ3n) is 5.18. The minimum absolute atomic E-state index is 0.0673. The molecule has 0 saturated carbocycles. The molecule has 3 rings (SSSR count). The highest BCUT2D eigenvalue weighted by molar-refractivity contribution is 5.82. The minimum atomic E-state index is -1.53. The van der Waals surface area contributed by atoms with Crippen LogP contribution in [-0.2, 0) is 20.9 Å². The Hall–Kier alpha value is -2.13. The molecule has 142 valence electrons. The van der Waals surface area contributed by atoms with Crippen molar-refractivity contribution in [3.05, 3.63) is 35.1 Å². The highest BCUT2D eigenvalue weighted by Crippen LogP contribution is 2.43. The Morgan fingerprint density at radius 3 is 2.42 bits per heavy atom. The van der Waals surface area contributed by atoms with Gasteiger partial charge in [-0.2, -0.15) is 0 Å². The summed E-state index contributed by atoms with van der Waals surface area (Å²) in [5, 5.41) is 9.75. The smallest absolute Gasteiger partial charge is 0.313 e. The van der Waals surface area contributed by atoms with Gasteiger partial charge in [0, 0.05) is 45.8 Å². The first-order chi connectivity index (χ1) is 12.3. The summed E-state index contributed by atoms with van der Waals surface area (Å²) in [4.78, 5) is 27.2. The molecule has 1 aromatic carbocycles. The van der Waals surface area contributed by atoms with Crippen molar-refractivity contribution in [3.8, 4) is 0 Å². The Morgan fingerprint density at radius 2 is 1.88 bits per heavy atom. The molecule has 0 bridgehead atoms. The van der Waals surface area contributed by atoms with E-state index < -0.39 is 28.8 Å². The Kier molecular flexibility index (Phi) is 4.94. The third kappa shape index (κ3) is 3.16. The number of carbonyl (C=O) groups excluding carboxylic acids is 1. The molecular weight excluding hydrogens is 353 g/mol. The fourth-order valence-electron chi connectivity index (χ4n) is 3.95. The molecule has 26 heavy (non-hydrogen) atoms. The lowest BCUT2D eigenvalue weighted by Crippen LogP contribution is -2.42. The number of hydrogen-bond acceptors (Lipinski definition) is 4. The maximum atomic E-state index is 13.4. The van der Waals surface area contributed by atoms with Crippen molar-refractivity contribution in [3.63, 3.8) is 0 Å². The molecule has 1 aromatic rings. The van der Waals surface area contributed by atoms with Gasteiger partial charge < -0.3 is 14.7 Å². The average molecular weight is 372 g/mol. The largest absolute Gasteiger partial charge is 0.481 e. The fraction of sp³-hybridized carbons (Fsp3) is 0.529. The van der Waals surface area contributed by atoms with Crippen molar-refractivity contribution >= 4 is 11.9 Å². The van der Waals surface area contributed by atoms with E-state index in [0.29, 0.717) is 6.54 Å². The van der Waals surface area contributed by atoms with E-state index in [4.69, 9.17) is 4.74 Å². The van der Waals surface area contributed by atoms with Gasteiger partial charge in [-0.3, -0.25) is 14.5 Å². The fourth-order valence-corrected chi connectivity index (χ4v) is 3.95. The summed E-state index contributed by atoms with van der Waals surface area (Å²) in [5.41, 5.74) is -0.894. The van der Waals surface area contributed by atoms with E-state index in [-0.39, 0.29) is 50.2 Å². The van der Waals surface area contributed by atoms with Crippen molar-refractivity contribution in [2.75, 3.05) is 39.9 Å². The Bertz CT molecular complexity index is 722. The predicted molar refractivity (Wildman–Crippen MR) is 83.6 cm³/mol. The van der Waals surface area contributed by atoms with Gasteiger partial charge in [0.25, 0.3) is 0 Å². The number of aliphatic carboxylic acids is 1. The first-order valence-electron chi connectivity index (χ1n) is 8.12. The van der Waals surface area contributed by atoms with Crippen LogP contribution >= 0.6 is 0 Å². The molecule has 0 aromatic heterocycles. The molecule has 0 spiro atoms. The second-order valence-electron chi connectivity index (χ2n) is 6.91. The molecular formula is C17H19F3N2O4. The van der Waals surface area contributed by atoms with Crippen LogP contribution in [0.5, 0.6) is 0 Å². The van der Waals surface area contributed by atoms with Crippen LogP contribution in [0.1, 0.15) is 5.56 Å². The normalized spacial score (nSPS) is 25.5. The third-order valence-corrected chi connectivity index (χ3v) is 5.18. The van der Waals surface area contributed by atoms with Gasteiger partial charge >= 0.3 is 5.97 Å². The number of ether oxygens (including phenoxy) is 1. The zero-order valence-electron chi connectivity index (χ0n) is 14.2. The predicted octanol–water partition coefficient (Wildman–Crippen LogP) is 1.10. The molecule has 2 aliphatic heterocycles. The van der Waals surface area contributed by atoms with E-state index in [1.54, 1.807) is 4.90 Å². The number of rotatable bonds is 5. The molecule has 2 heterocycles. The van der Waals surface area contributed by atoms with Gasteiger partial charge in [0.2, 0.25) is 5.91 Å². The molecule has 2 aliphatic rings. The standard InChI is InChI=1S/C17H19F3N2O4/c1-26-7-14(23)22-6-11-5-21(8-17(11,9-22)16(24)25)4-10-2-12(18)15(20)13(19)3-10/h2-3,11H,4-9H2,1H3,(H,24,25)/t11-,17-/m0/s1. The summed E-state index contributed by atoms with van der Waals surface area (Å²) in [5.74, 6) is -5.64. The molecule has 2 fully saturated rings. The van der Waals surface area contributed by atoms with Crippen molar-refractivity contribution < 1.29 is 32.6 Å². The number of carbonyl (C=O) groups is 2. The number of likely N-dealkylation sites (tertiary alicyclic amines) is 2. The van der Waals surface area contributed by atoms with E-state index in [1.807, 2.05) is 0 Å². The SMILES string of the molecule is COCC(=O)N1C[C@@H]2CN(Cc3cc(F)c(F)c(F)c3)C[C@]2(C(=O)O)C1. The monoisotopic (exact) mass is 372 g/mol. The molecule has 1 amide bonds. The van der Waals surface area contributed by atoms with Crippen LogP contribution in [0.25, 0.3) is 0 Å². The quantitative estimate of drug-likeness (QED) is 0.784. The summed E-state index contributed by atoms with van der Waals surface area (Å²) in [6.07, 6.45) is 0. The van der Waals surface area contributed by atoms with Crippen LogP contribution < -0.4 is 0 Å². The van der Waals surface area contributed by atoms with Crippen LogP contribution in [-0.4, -0.2) is 66.7 Å². The van der Waals surface area contributed by atoms with E-state index >= 15 is 0 Å². The summed E-state index contributed by atoms with van der Waals surface area (Å²) >= 11 is 0. The van der Waals surface area contributed by atoms with Crippen molar-refractivity contribution in [1.29, 1.82) is 0 Å². The maximum absolute atomic E-state index is 13.4. The van der Waals surface area contributed by atoms with Gasteiger partial charge in [-0.15, -0.1) is 0 Å². The number of halogens is 3. The first-order valence-corrected chi connectivity index (χ1v) is 8.12. The van der Waals surface area contributed by atoms with Crippen molar-refractivity contribution in [2.24, 2.45) is 11.3 Å². The van der Waals surface area contributed by atoms with E-state index in [2.05, 4.69) is 0 Å². The minimum Gasteiger partial charge on any atom is -0.481 e. The number of methoxy groups -OCH3 is 1. The highest BCUT2D eigenvalue weighted by Gasteiger charge is 2.58. The number of hydrogen-bond donors (Lipinski definition) is 1. The summed E-state index contributed by atoms with van der Waals surface area (Å²) in [7, 11) is 1.39. The highest BCUT2D eigenvalue weighted by atomic mass is 19.2. The van der Waals surface area contributed by atoms with Gasteiger partial charge in [-0.1, -0.05) is 0 Å². The Morgan fingerprint density at radius 1 is 1.23 bits per heavy atom. The summed E-state index contributed by atoms with van der Waals surface area (Å²) < 4.78 is 44.6. The molecule has 1 N–H and O–H groups in total. The molecule has 6 nitrogen and oxygen atoms in total. The first kappa shape index (κ1) is 18.7. The number of amides is 1. The summed E-state index contributed by atoms with van der Waals surface area (Å²) in [6.45, 7) is 0.856. The lowest BCUT2D eigenvalue weighted by Gasteiger charge is -2.25. The van der Waals surface area contributed by atoms with Crippen molar-refractivity contribution in [1.82, 2.24) is 9.80 Å². The average Bonchev–Trinajstić information content (AvgIpc) is 3.07. The molecule has 0 unspecified atom stereocenters. The van der Waals surface area contributed by atoms with Crippen molar-refractivity contribution in [2.45, 2.75) is 6.54 Å². The van der Waals surface area contributed by atoms with Gasteiger partial charge in [-0.05, 0) is 17.7 Å². The number of carboxylic acid groups (broad SMARTS) is 1. The molecule has 2 atom stereocenters. The topological polar surface area (TPSA) is 70.1 Å². The van der Waals surface area contributed by atoms with Crippen LogP contribution in [0.3, 0.4) is 0 Å². The van der Waals surface area contributed by atoms with Gasteiger partial charge in [0.15, 0.2) is 17.5 Å².